The van der Waals surface area contributed by atoms with Crippen molar-refractivity contribution in [2.45, 2.75) is 18.5 Å². The Balaban J connectivity index is 1.90. The summed E-state index contributed by atoms with van der Waals surface area (Å²) in [6, 6.07) is 13.8. The third kappa shape index (κ3) is 2.79. The standard InChI is InChI=1S/C10H16OSi2/c1-2-5-10(6-3-1)9-13-8-4-7-11-12-13/h1-3,5-6,13H,4,7-9,12H2. The molecule has 1 nitrogen and oxygen atoms in total. The van der Waals surface area contributed by atoms with Crippen LogP contribution < -0.4 is 0 Å². The fourth-order valence-corrected chi connectivity index (χ4v) is 9.01. The number of hydrogen-bond donors (Lipinski definition) is 0. The summed E-state index contributed by atoms with van der Waals surface area (Å²) in [6.45, 7) is 1.06. The molecule has 1 aromatic carbocycles. The summed E-state index contributed by atoms with van der Waals surface area (Å²) in [7, 11) is -0.519. The van der Waals surface area contributed by atoms with Crippen LogP contribution in [0.4, 0.5) is 0 Å². The van der Waals surface area contributed by atoms with Crippen LogP contribution in [0.15, 0.2) is 30.3 Å². The molecule has 3 heteroatoms. The molecule has 2 rings (SSSR count). The lowest BCUT2D eigenvalue weighted by Gasteiger charge is -2.19. The van der Waals surface area contributed by atoms with Gasteiger partial charge in [0.05, 0.1) is 8.31 Å². The fraction of sp³-hybridized carbons (Fsp3) is 0.400. The summed E-state index contributed by atoms with van der Waals surface area (Å²) in [5, 5.41) is 0. The maximum absolute atomic E-state index is 5.65. The minimum atomic E-state index is -0.436. The van der Waals surface area contributed by atoms with E-state index in [9.17, 15) is 0 Å². The van der Waals surface area contributed by atoms with Crippen molar-refractivity contribution in [3.8, 4) is 0 Å². The molecular formula is C10H16OSi2. The molecule has 0 aliphatic carbocycles. The SMILES string of the molecule is c1ccc(C[SiH]2CCCO[SiH2]2)cc1. The molecule has 0 N–H and O–H groups in total. The van der Waals surface area contributed by atoms with Gasteiger partial charge in [0, 0.05) is 6.61 Å². The fourth-order valence-electron chi connectivity index (χ4n) is 1.92. The summed E-state index contributed by atoms with van der Waals surface area (Å²) in [5.74, 6) is 0. The third-order valence-corrected chi connectivity index (χ3v) is 10.1. The van der Waals surface area contributed by atoms with E-state index in [1.54, 1.807) is 0 Å². The Hall–Kier alpha value is -0.386. The van der Waals surface area contributed by atoms with Crippen LogP contribution >= 0.6 is 0 Å². The van der Waals surface area contributed by atoms with Gasteiger partial charge in [-0.05, 0) is 12.5 Å². The molecule has 1 atom stereocenters. The molecule has 0 spiro atoms. The van der Waals surface area contributed by atoms with E-state index >= 15 is 0 Å². The van der Waals surface area contributed by atoms with Gasteiger partial charge in [-0.2, -0.15) is 0 Å². The van der Waals surface area contributed by atoms with Gasteiger partial charge in [0.1, 0.15) is 9.28 Å². The van der Waals surface area contributed by atoms with Crippen LogP contribution in [-0.2, 0) is 10.5 Å². The van der Waals surface area contributed by atoms with E-state index in [0.29, 0.717) is 0 Å². The van der Waals surface area contributed by atoms with E-state index in [1.807, 2.05) is 0 Å². The highest BCUT2D eigenvalue weighted by Gasteiger charge is 2.16. The lowest BCUT2D eigenvalue weighted by molar-refractivity contribution is 0.335. The van der Waals surface area contributed by atoms with Crippen LogP contribution in [0, 0.1) is 0 Å². The van der Waals surface area contributed by atoms with Crippen LogP contribution in [0.5, 0.6) is 0 Å². The Morgan fingerprint density at radius 1 is 1.31 bits per heavy atom. The van der Waals surface area contributed by atoms with E-state index in [0.717, 1.165) is 6.61 Å². The lowest BCUT2D eigenvalue weighted by Crippen LogP contribution is -2.32. The monoisotopic (exact) mass is 208 g/mol. The van der Waals surface area contributed by atoms with Gasteiger partial charge in [0.25, 0.3) is 0 Å². The van der Waals surface area contributed by atoms with Gasteiger partial charge in [-0.3, -0.25) is 0 Å². The van der Waals surface area contributed by atoms with Gasteiger partial charge in [-0.1, -0.05) is 41.9 Å². The second-order valence-corrected chi connectivity index (χ2v) is 11.7. The van der Waals surface area contributed by atoms with Gasteiger partial charge in [-0.15, -0.1) is 0 Å². The molecule has 0 amide bonds. The van der Waals surface area contributed by atoms with Crippen molar-refractivity contribution in [2.75, 3.05) is 6.61 Å². The van der Waals surface area contributed by atoms with Crippen LogP contribution in [0.1, 0.15) is 12.0 Å². The van der Waals surface area contributed by atoms with Crippen molar-refractivity contribution in [3.63, 3.8) is 0 Å². The van der Waals surface area contributed by atoms with Crippen molar-refractivity contribution >= 4 is 17.6 Å². The predicted molar refractivity (Wildman–Crippen MR) is 61.2 cm³/mol. The second-order valence-electron chi connectivity index (χ2n) is 3.77. The summed E-state index contributed by atoms with van der Waals surface area (Å²) >= 11 is 0. The Morgan fingerprint density at radius 3 is 2.85 bits per heavy atom. The van der Waals surface area contributed by atoms with E-state index in [1.165, 1.54) is 24.1 Å². The minimum absolute atomic E-state index is 0.0825. The first-order chi connectivity index (χ1) is 6.45. The molecule has 1 aromatic rings. The number of benzene rings is 1. The normalized spacial score (nSPS) is 24.8. The topological polar surface area (TPSA) is 9.23 Å². The van der Waals surface area contributed by atoms with Gasteiger partial charge in [-0.25, -0.2) is 0 Å². The minimum Gasteiger partial charge on any atom is -0.428 e. The summed E-state index contributed by atoms with van der Waals surface area (Å²) in [5.41, 5.74) is 1.54. The van der Waals surface area contributed by atoms with Gasteiger partial charge < -0.3 is 4.43 Å². The Bertz CT molecular complexity index is 244. The first-order valence-corrected chi connectivity index (χ1v) is 10.5. The number of rotatable bonds is 2. The van der Waals surface area contributed by atoms with E-state index in [-0.39, 0.29) is 9.28 Å². The van der Waals surface area contributed by atoms with Crippen molar-refractivity contribution in [3.05, 3.63) is 35.9 Å². The van der Waals surface area contributed by atoms with Crippen LogP contribution in [0.25, 0.3) is 0 Å². The average Bonchev–Trinajstić information content (AvgIpc) is 2.21. The first kappa shape index (κ1) is 9.18. The highest BCUT2D eigenvalue weighted by atomic mass is 29.2. The maximum Gasteiger partial charge on any atom is 0.147 e. The molecule has 13 heavy (non-hydrogen) atoms. The van der Waals surface area contributed by atoms with Crippen LogP contribution in [0.3, 0.4) is 0 Å². The van der Waals surface area contributed by atoms with Crippen molar-refractivity contribution in [1.82, 2.24) is 0 Å². The molecular weight excluding hydrogens is 192 g/mol. The Labute approximate surface area is 83.5 Å². The maximum atomic E-state index is 5.65. The summed E-state index contributed by atoms with van der Waals surface area (Å²) < 4.78 is 5.65. The highest BCUT2D eigenvalue weighted by molar-refractivity contribution is 7.09. The van der Waals surface area contributed by atoms with Crippen molar-refractivity contribution < 1.29 is 4.43 Å². The molecule has 0 saturated carbocycles. The van der Waals surface area contributed by atoms with Gasteiger partial charge >= 0.3 is 0 Å². The smallest absolute Gasteiger partial charge is 0.147 e. The van der Waals surface area contributed by atoms with Crippen LogP contribution in [-0.4, -0.2) is 24.2 Å². The van der Waals surface area contributed by atoms with Crippen molar-refractivity contribution in [2.24, 2.45) is 0 Å². The van der Waals surface area contributed by atoms with E-state index in [4.69, 9.17) is 4.43 Å². The molecule has 0 bridgehead atoms. The molecule has 1 aliphatic rings. The zero-order valence-corrected chi connectivity index (χ0v) is 10.5. The third-order valence-electron chi connectivity index (χ3n) is 2.62. The van der Waals surface area contributed by atoms with Gasteiger partial charge in [0.15, 0.2) is 0 Å². The van der Waals surface area contributed by atoms with E-state index < -0.39 is 8.31 Å². The highest BCUT2D eigenvalue weighted by Crippen LogP contribution is 2.10. The zero-order chi connectivity index (χ0) is 8.93. The second kappa shape index (κ2) is 4.74. The molecule has 1 heterocycles. The van der Waals surface area contributed by atoms with Gasteiger partial charge in [0.2, 0.25) is 0 Å². The Morgan fingerprint density at radius 2 is 2.15 bits per heavy atom. The molecule has 0 aromatic heterocycles. The predicted octanol–water partition coefficient (Wildman–Crippen LogP) is 0.996. The lowest BCUT2D eigenvalue weighted by atomic mass is 10.2. The molecule has 1 saturated heterocycles. The molecule has 70 valence electrons. The summed E-state index contributed by atoms with van der Waals surface area (Å²) in [6.07, 6.45) is 1.33. The largest absolute Gasteiger partial charge is 0.428 e. The number of hydrogen-bond acceptors (Lipinski definition) is 1. The zero-order valence-electron chi connectivity index (χ0n) is 7.91. The summed E-state index contributed by atoms with van der Waals surface area (Å²) in [4.78, 5) is 0. The van der Waals surface area contributed by atoms with Crippen LogP contribution in [0.2, 0.25) is 6.04 Å². The average molecular weight is 208 g/mol. The quantitative estimate of drug-likeness (QED) is 0.659. The molecule has 1 unspecified atom stereocenters. The molecule has 1 fully saturated rings. The molecule has 1 aliphatic heterocycles. The van der Waals surface area contributed by atoms with E-state index in [2.05, 4.69) is 30.3 Å². The first-order valence-electron chi connectivity index (χ1n) is 5.07. The van der Waals surface area contributed by atoms with Crippen molar-refractivity contribution in [1.29, 1.82) is 0 Å². The molecule has 0 radical (unpaired) electrons. The Kier molecular flexibility index (Phi) is 3.35.